The number of esters is 1. The standard InChI is InChI=1S/C14H18N2O2/c1-12(10-14(17)18-2)16-9-8-15-11-13-6-4-3-5-7-13/h3-7,10-11,16H,8-9H2,1-2H3/b12-10-,15-11?. The SMILES string of the molecule is COC(=O)/C=C(/C)NCCN=Cc1ccccc1. The summed E-state index contributed by atoms with van der Waals surface area (Å²) < 4.78 is 4.52. The molecule has 0 heterocycles. The Bertz CT molecular complexity index is 425. The monoisotopic (exact) mass is 246 g/mol. The summed E-state index contributed by atoms with van der Waals surface area (Å²) in [5.74, 6) is -0.354. The third-order valence-corrected chi connectivity index (χ3v) is 2.22. The zero-order valence-corrected chi connectivity index (χ0v) is 10.7. The second-order valence-electron chi connectivity index (χ2n) is 3.72. The average molecular weight is 246 g/mol. The zero-order chi connectivity index (χ0) is 13.2. The van der Waals surface area contributed by atoms with Crippen molar-refractivity contribution in [1.29, 1.82) is 0 Å². The molecule has 0 fully saturated rings. The lowest BCUT2D eigenvalue weighted by molar-refractivity contribution is -0.134. The van der Waals surface area contributed by atoms with Gasteiger partial charge in [0.25, 0.3) is 0 Å². The minimum Gasteiger partial charge on any atom is -0.466 e. The molecule has 0 amide bonds. The van der Waals surface area contributed by atoms with E-state index in [9.17, 15) is 4.79 Å². The van der Waals surface area contributed by atoms with Gasteiger partial charge < -0.3 is 10.1 Å². The molecule has 4 nitrogen and oxygen atoms in total. The largest absolute Gasteiger partial charge is 0.466 e. The van der Waals surface area contributed by atoms with E-state index in [1.807, 2.05) is 43.5 Å². The van der Waals surface area contributed by atoms with Gasteiger partial charge in [0.15, 0.2) is 0 Å². The van der Waals surface area contributed by atoms with Crippen LogP contribution in [0.2, 0.25) is 0 Å². The van der Waals surface area contributed by atoms with Crippen molar-refractivity contribution in [3.63, 3.8) is 0 Å². The summed E-state index contributed by atoms with van der Waals surface area (Å²) >= 11 is 0. The lowest BCUT2D eigenvalue weighted by atomic mass is 10.2. The van der Waals surface area contributed by atoms with E-state index < -0.39 is 0 Å². The summed E-state index contributed by atoms with van der Waals surface area (Å²) in [5, 5.41) is 3.08. The molecular formula is C14H18N2O2. The number of rotatable bonds is 6. The van der Waals surface area contributed by atoms with Gasteiger partial charge in [-0.15, -0.1) is 0 Å². The first-order chi connectivity index (χ1) is 8.72. The quantitative estimate of drug-likeness (QED) is 0.360. The van der Waals surface area contributed by atoms with E-state index in [0.29, 0.717) is 13.1 Å². The Morgan fingerprint density at radius 3 is 2.78 bits per heavy atom. The van der Waals surface area contributed by atoms with Crippen LogP contribution >= 0.6 is 0 Å². The van der Waals surface area contributed by atoms with Crippen LogP contribution < -0.4 is 5.32 Å². The highest BCUT2D eigenvalue weighted by atomic mass is 16.5. The Kier molecular flexibility index (Phi) is 6.25. The highest BCUT2D eigenvalue weighted by Gasteiger charge is 1.94. The van der Waals surface area contributed by atoms with Crippen molar-refractivity contribution in [2.45, 2.75) is 6.92 Å². The first kappa shape index (κ1) is 14.0. The Morgan fingerprint density at radius 2 is 2.11 bits per heavy atom. The molecule has 96 valence electrons. The number of ether oxygens (including phenoxy) is 1. The molecule has 1 rings (SSSR count). The first-order valence-electron chi connectivity index (χ1n) is 5.77. The van der Waals surface area contributed by atoms with E-state index in [4.69, 9.17) is 0 Å². The van der Waals surface area contributed by atoms with Crippen LogP contribution in [0.15, 0.2) is 47.1 Å². The molecular weight excluding hydrogens is 228 g/mol. The van der Waals surface area contributed by atoms with Gasteiger partial charge in [0, 0.05) is 24.5 Å². The lowest BCUT2D eigenvalue weighted by Crippen LogP contribution is -2.16. The number of allylic oxidation sites excluding steroid dienone is 1. The Hall–Kier alpha value is -2.10. The third kappa shape index (κ3) is 5.84. The fourth-order valence-electron chi connectivity index (χ4n) is 1.31. The number of carbonyl (C=O) groups excluding carboxylic acids is 1. The van der Waals surface area contributed by atoms with E-state index in [0.717, 1.165) is 11.3 Å². The van der Waals surface area contributed by atoms with Gasteiger partial charge in [-0.2, -0.15) is 0 Å². The topological polar surface area (TPSA) is 50.7 Å². The molecule has 1 N–H and O–H groups in total. The number of aliphatic imine (C=N–C) groups is 1. The average Bonchev–Trinajstić information content (AvgIpc) is 2.39. The fourth-order valence-corrected chi connectivity index (χ4v) is 1.31. The van der Waals surface area contributed by atoms with Gasteiger partial charge in [0.2, 0.25) is 0 Å². The molecule has 0 spiro atoms. The van der Waals surface area contributed by atoms with Gasteiger partial charge in [0.1, 0.15) is 0 Å². The molecule has 4 heteroatoms. The second-order valence-corrected chi connectivity index (χ2v) is 3.72. The van der Waals surface area contributed by atoms with Crippen LogP contribution in [-0.4, -0.2) is 32.4 Å². The van der Waals surface area contributed by atoms with Gasteiger partial charge in [0.05, 0.1) is 13.7 Å². The number of methoxy groups -OCH3 is 1. The number of nitrogens with one attached hydrogen (secondary N) is 1. The van der Waals surface area contributed by atoms with Crippen molar-refractivity contribution in [2.24, 2.45) is 4.99 Å². The van der Waals surface area contributed by atoms with Crippen LogP contribution in [0, 0.1) is 0 Å². The Balaban J connectivity index is 2.25. The van der Waals surface area contributed by atoms with Gasteiger partial charge in [-0.25, -0.2) is 4.79 Å². The summed E-state index contributed by atoms with van der Waals surface area (Å²) in [7, 11) is 1.36. The molecule has 0 aliphatic rings. The summed E-state index contributed by atoms with van der Waals surface area (Å²) in [6, 6.07) is 9.92. The van der Waals surface area contributed by atoms with Crippen LogP contribution in [-0.2, 0) is 9.53 Å². The van der Waals surface area contributed by atoms with E-state index in [-0.39, 0.29) is 5.97 Å². The highest BCUT2D eigenvalue weighted by Crippen LogP contribution is 1.93. The van der Waals surface area contributed by atoms with Crippen LogP contribution in [0.4, 0.5) is 0 Å². The van der Waals surface area contributed by atoms with Crippen molar-refractivity contribution in [3.05, 3.63) is 47.7 Å². The van der Waals surface area contributed by atoms with Crippen LogP contribution in [0.1, 0.15) is 12.5 Å². The molecule has 0 bridgehead atoms. The van der Waals surface area contributed by atoms with Gasteiger partial charge in [-0.3, -0.25) is 4.99 Å². The maximum Gasteiger partial charge on any atom is 0.332 e. The minimum atomic E-state index is -0.354. The van der Waals surface area contributed by atoms with Crippen LogP contribution in [0.5, 0.6) is 0 Å². The van der Waals surface area contributed by atoms with Gasteiger partial charge >= 0.3 is 5.97 Å². The predicted octanol–water partition coefficient (Wildman–Crippen LogP) is 1.77. The summed E-state index contributed by atoms with van der Waals surface area (Å²) in [5.41, 5.74) is 1.86. The van der Waals surface area contributed by atoms with Crippen molar-refractivity contribution in [3.8, 4) is 0 Å². The van der Waals surface area contributed by atoms with Crippen molar-refractivity contribution in [1.82, 2.24) is 5.32 Å². The molecule has 0 aromatic heterocycles. The second kappa shape index (κ2) is 8.06. The molecule has 0 unspecified atom stereocenters. The molecule has 0 aliphatic heterocycles. The number of hydrogen-bond acceptors (Lipinski definition) is 4. The Morgan fingerprint density at radius 1 is 1.39 bits per heavy atom. The molecule has 1 aromatic carbocycles. The minimum absolute atomic E-state index is 0.354. The molecule has 0 radical (unpaired) electrons. The maximum atomic E-state index is 10.9. The van der Waals surface area contributed by atoms with Crippen LogP contribution in [0.25, 0.3) is 0 Å². The van der Waals surface area contributed by atoms with Crippen molar-refractivity contribution >= 4 is 12.2 Å². The molecule has 0 aliphatic carbocycles. The smallest absolute Gasteiger partial charge is 0.332 e. The van der Waals surface area contributed by atoms with Crippen LogP contribution in [0.3, 0.4) is 0 Å². The molecule has 0 atom stereocenters. The number of carbonyl (C=O) groups is 1. The van der Waals surface area contributed by atoms with E-state index in [1.54, 1.807) is 0 Å². The zero-order valence-electron chi connectivity index (χ0n) is 10.7. The fraction of sp³-hybridized carbons (Fsp3) is 0.286. The van der Waals surface area contributed by atoms with Gasteiger partial charge in [-0.05, 0) is 12.5 Å². The molecule has 18 heavy (non-hydrogen) atoms. The maximum absolute atomic E-state index is 10.9. The third-order valence-electron chi connectivity index (χ3n) is 2.22. The summed E-state index contributed by atoms with van der Waals surface area (Å²) in [4.78, 5) is 15.2. The van der Waals surface area contributed by atoms with E-state index in [1.165, 1.54) is 13.2 Å². The lowest BCUT2D eigenvalue weighted by Gasteiger charge is -2.03. The summed E-state index contributed by atoms with van der Waals surface area (Å²) in [6.07, 6.45) is 3.25. The van der Waals surface area contributed by atoms with Crippen molar-refractivity contribution < 1.29 is 9.53 Å². The van der Waals surface area contributed by atoms with Gasteiger partial charge in [-0.1, -0.05) is 30.3 Å². The first-order valence-corrected chi connectivity index (χ1v) is 5.77. The summed E-state index contributed by atoms with van der Waals surface area (Å²) in [6.45, 7) is 3.15. The molecule has 0 saturated heterocycles. The molecule has 1 aromatic rings. The number of hydrogen-bond donors (Lipinski definition) is 1. The number of nitrogens with zero attached hydrogens (tertiary/aromatic N) is 1. The predicted molar refractivity (Wildman–Crippen MR) is 72.7 cm³/mol. The number of benzene rings is 1. The normalized spacial score (nSPS) is 11.6. The van der Waals surface area contributed by atoms with Crippen molar-refractivity contribution in [2.75, 3.05) is 20.2 Å². The Labute approximate surface area is 107 Å². The van der Waals surface area contributed by atoms with E-state index >= 15 is 0 Å². The molecule has 0 saturated carbocycles. The highest BCUT2D eigenvalue weighted by molar-refractivity contribution is 5.82. The van der Waals surface area contributed by atoms with E-state index in [2.05, 4.69) is 15.0 Å².